The van der Waals surface area contributed by atoms with E-state index in [1.54, 1.807) is 19.1 Å². The number of nitrogens with zero attached hydrogens (tertiary/aromatic N) is 1. The van der Waals surface area contributed by atoms with E-state index in [0.717, 1.165) is 0 Å². The lowest BCUT2D eigenvalue weighted by molar-refractivity contribution is 0.254. The standard InChI is InChI=1S/C11H14N2O3S/c1-2-10(8-14)13-17(15,16)11-6-4-3-5-9(11)7-12/h3-6,10,13-14H,2,8H2,1H3/t10-/m0/s1. The van der Waals surface area contributed by atoms with Crippen LogP contribution in [0.15, 0.2) is 29.2 Å². The van der Waals surface area contributed by atoms with Gasteiger partial charge in [-0.2, -0.15) is 5.26 Å². The molecule has 5 nitrogen and oxygen atoms in total. The van der Waals surface area contributed by atoms with Gasteiger partial charge in [-0.15, -0.1) is 0 Å². The van der Waals surface area contributed by atoms with Gasteiger partial charge in [-0.3, -0.25) is 0 Å². The van der Waals surface area contributed by atoms with Crippen molar-refractivity contribution in [2.75, 3.05) is 6.61 Å². The quantitative estimate of drug-likeness (QED) is 0.805. The van der Waals surface area contributed by atoms with Gasteiger partial charge in [0, 0.05) is 6.04 Å². The molecule has 1 atom stereocenters. The molecule has 6 heteroatoms. The van der Waals surface area contributed by atoms with Crippen LogP contribution in [-0.2, 0) is 10.0 Å². The van der Waals surface area contributed by atoms with E-state index < -0.39 is 16.1 Å². The molecule has 17 heavy (non-hydrogen) atoms. The topological polar surface area (TPSA) is 90.2 Å². The number of hydrogen-bond acceptors (Lipinski definition) is 4. The number of rotatable bonds is 5. The number of aliphatic hydroxyl groups excluding tert-OH is 1. The van der Waals surface area contributed by atoms with Gasteiger partial charge in [0.1, 0.15) is 6.07 Å². The summed E-state index contributed by atoms with van der Waals surface area (Å²) in [7, 11) is -3.76. The van der Waals surface area contributed by atoms with Crippen LogP contribution in [0.1, 0.15) is 18.9 Å². The van der Waals surface area contributed by atoms with Crippen molar-refractivity contribution in [3.8, 4) is 6.07 Å². The first-order chi connectivity index (χ1) is 8.05. The molecule has 0 aromatic heterocycles. The highest BCUT2D eigenvalue weighted by Crippen LogP contribution is 2.14. The first kappa shape index (κ1) is 13.6. The number of benzene rings is 1. The largest absolute Gasteiger partial charge is 0.395 e. The molecule has 0 aliphatic carbocycles. The van der Waals surface area contributed by atoms with Crippen molar-refractivity contribution in [2.45, 2.75) is 24.3 Å². The van der Waals surface area contributed by atoms with Crippen molar-refractivity contribution >= 4 is 10.0 Å². The van der Waals surface area contributed by atoms with Crippen LogP contribution in [-0.4, -0.2) is 26.2 Å². The molecule has 1 aromatic rings. The first-order valence-corrected chi connectivity index (χ1v) is 6.65. The van der Waals surface area contributed by atoms with Gasteiger partial charge >= 0.3 is 0 Å². The van der Waals surface area contributed by atoms with E-state index in [1.165, 1.54) is 12.1 Å². The normalized spacial score (nSPS) is 13.0. The molecule has 0 aliphatic heterocycles. The van der Waals surface area contributed by atoms with Gasteiger partial charge in [-0.1, -0.05) is 19.1 Å². The van der Waals surface area contributed by atoms with Gasteiger partial charge in [0.2, 0.25) is 10.0 Å². The molecule has 0 fully saturated rings. The van der Waals surface area contributed by atoms with Crippen molar-refractivity contribution in [1.82, 2.24) is 4.72 Å². The number of nitriles is 1. The second-order valence-corrected chi connectivity index (χ2v) is 5.20. The molecule has 0 unspecified atom stereocenters. The van der Waals surface area contributed by atoms with E-state index in [0.29, 0.717) is 6.42 Å². The summed E-state index contributed by atoms with van der Waals surface area (Å²) in [4.78, 5) is -0.0607. The number of hydrogen-bond donors (Lipinski definition) is 2. The zero-order chi connectivity index (χ0) is 12.9. The molecule has 0 saturated heterocycles. The van der Waals surface area contributed by atoms with Gasteiger partial charge in [0.25, 0.3) is 0 Å². The Balaban J connectivity index is 3.10. The van der Waals surface area contributed by atoms with Crippen molar-refractivity contribution in [3.05, 3.63) is 29.8 Å². The highest BCUT2D eigenvalue weighted by atomic mass is 32.2. The summed E-state index contributed by atoms with van der Waals surface area (Å²) < 4.78 is 26.3. The smallest absolute Gasteiger partial charge is 0.242 e. The van der Waals surface area contributed by atoms with Crippen LogP contribution in [0.5, 0.6) is 0 Å². The summed E-state index contributed by atoms with van der Waals surface area (Å²) in [6.45, 7) is 1.49. The average Bonchev–Trinajstić information content (AvgIpc) is 2.35. The van der Waals surface area contributed by atoms with Crippen LogP contribution < -0.4 is 4.72 Å². The molecule has 0 spiro atoms. The molecule has 0 saturated carbocycles. The predicted molar refractivity (Wildman–Crippen MR) is 62.6 cm³/mol. The minimum atomic E-state index is -3.76. The fourth-order valence-corrected chi connectivity index (χ4v) is 2.79. The predicted octanol–water partition coefficient (Wildman–Crippen LogP) is 0.607. The van der Waals surface area contributed by atoms with Gasteiger partial charge < -0.3 is 5.11 Å². The molecule has 2 N–H and O–H groups in total. The Hall–Kier alpha value is -1.42. The number of aliphatic hydroxyl groups is 1. The third-order valence-electron chi connectivity index (χ3n) is 2.33. The first-order valence-electron chi connectivity index (χ1n) is 5.17. The van der Waals surface area contributed by atoms with Gasteiger partial charge in [-0.25, -0.2) is 13.1 Å². The van der Waals surface area contributed by atoms with Crippen LogP contribution in [0, 0.1) is 11.3 Å². The molecule has 92 valence electrons. The lowest BCUT2D eigenvalue weighted by Crippen LogP contribution is -2.37. The molecule has 1 rings (SSSR count). The third-order valence-corrected chi connectivity index (χ3v) is 3.91. The zero-order valence-electron chi connectivity index (χ0n) is 9.42. The van der Waals surface area contributed by atoms with E-state index in [4.69, 9.17) is 10.4 Å². The average molecular weight is 254 g/mol. The molecule has 0 amide bonds. The van der Waals surface area contributed by atoms with E-state index in [1.807, 2.05) is 6.07 Å². The van der Waals surface area contributed by atoms with Crippen LogP contribution in [0.4, 0.5) is 0 Å². The lowest BCUT2D eigenvalue weighted by atomic mass is 10.2. The van der Waals surface area contributed by atoms with E-state index in [2.05, 4.69) is 4.72 Å². The van der Waals surface area contributed by atoms with Crippen LogP contribution >= 0.6 is 0 Å². The maximum absolute atomic E-state index is 12.0. The van der Waals surface area contributed by atoms with E-state index >= 15 is 0 Å². The Bertz CT molecular complexity index is 516. The van der Waals surface area contributed by atoms with Gasteiger partial charge in [0.05, 0.1) is 17.1 Å². The Kier molecular flexibility index (Phi) is 4.63. The second-order valence-electron chi connectivity index (χ2n) is 3.52. The Morgan fingerprint density at radius 3 is 2.65 bits per heavy atom. The zero-order valence-corrected chi connectivity index (χ0v) is 10.2. The summed E-state index contributed by atoms with van der Waals surface area (Å²) in [5.41, 5.74) is 0.0905. The Morgan fingerprint density at radius 2 is 2.12 bits per heavy atom. The summed E-state index contributed by atoms with van der Waals surface area (Å²) in [5, 5.41) is 17.8. The van der Waals surface area contributed by atoms with Crippen LogP contribution in [0.2, 0.25) is 0 Å². The van der Waals surface area contributed by atoms with Crippen molar-refractivity contribution < 1.29 is 13.5 Å². The minimum absolute atomic E-state index is 0.0607. The maximum Gasteiger partial charge on any atom is 0.242 e. The third kappa shape index (κ3) is 3.27. The van der Waals surface area contributed by atoms with Crippen molar-refractivity contribution in [3.63, 3.8) is 0 Å². The highest BCUT2D eigenvalue weighted by Gasteiger charge is 2.21. The van der Waals surface area contributed by atoms with Crippen LogP contribution in [0.25, 0.3) is 0 Å². The van der Waals surface area contributed by atoms with E-state index in [9.17, 15) is 8.42 Å². The maximum atomic E-state index is 12.0. The summed E-state index contributed by atoms with van der Waals surface area (Å²) in [6, 6.07) is 7.25. The van der Waals surface area contributed by atoms with Crippen molar-refractivity contribution in [2.24, 2.45) is 0 Å². The minimum Gasteiger partial charge on any atom is -0.395 e. The number of sulfonamides is 1. The Morgan fingerprint density at radius 1 is 1.47 bits per heavy atom. The van der Waals surface area contributed by atoms with Gasteiger partial charge in [0.15, 0.2) is 0 Å². The highest BCUT2D eigenvalue weighted by molar-refractivity contribution is 7.89. The molecule has 0 bridgehead atoms. The SMILES string of the molecule is CC[C@@H](CO)NS(=O)(=O)c1ccccc1C#N. The second kappa shape index (κ2) is 5.77. The molecule has 0 heterocycles. The molecule has 0 radical (unpaired) electrons. The summed E-state index contributed by atoms with van der Waals surface area (Å²) in [5.74, 6) is 0. The fraction of sp³-hybridized carbons (Fsp3) is 0.364. The summed E-state index contributed by atoms with van der Waals surface area (Å²) in [6.07, 6.45) is 0.477. The Labute approximate surface area is 101 Å². The van der Waals surface area contributed by atoms with Crippen molar-refractivity contribution in [1.29, 1.82) is 5.26 Å². The van der Waals surface area contributed by atoms with Crippen LogP contribution in [0.3, 0.4) is 0 Å². The monoisotopic (exact) mass is 254 g/mol. The molecular weight excluding hydrogens is 240 g/mol. The fourth-order valence-electron chi connectivity index (χ4n) is 1.33. The molecule has 0 aliphatic rings. The van der Waals surface area contributed by atoms with Gasteiger partial charge in [-0.05, 0) is 18.6 Å². The van der Waals surface area contributed by atoms with E-state index in [-0.39, 0.29) is 17.1 Å². The molecular formula is C11H14N2O3S. The number of nitrogens with one attached hydrogen (secondary N) is 1. The summed E-state index contributed by atoms with van der Waals surface area (Å²) >= 11 is 0. The molecule has 1 aromatic carbocycles. The lowest BCUT2D eigenvalue weighted by Gasteiger charge is -2.14.